The molecule has 90 valence electrons. The van der Waals surface area contributed by atoms with Crippen LogP contribution in [-0.4, -0.2) is 17.3 Å². The van der Waals surface area contributed by atoms with Crippen LogP contribution in [0.4, 0.5) is 0 Å². The third kappa shape index (κ3) is 3.29. The smallest absolute Gasteiger partial charge is 0.0991 e. The highest BCUT2D eigenvalue weighted by Crippen LogP contribution is 2.28. The summed E-state index contributed by atoms with van der Waals surface area (Å²) in [5, 5.41) is 22.1. The second kappa shape index (κ2) is 5.31. The average Bonchev–Trinajstić information content (AvgIpc) is 2.77. The van der Waals surface area contributed by atoms with Gasteiger partial charge < -0.3 is 10.4 Å². The van der Waals surface area contributed by atoms with Crippen LogP contribution in [0.15, 0.2) is 24.3 Å². The number of aliphatic hydroxyl groups is 1. The topological polar surface area (TPSA) is 56.0 Å². The molecule has 0 amide bonds. The van der Waals surface area contributed by atoms with E-state index >= 15 is 0 Å². The molecule has 1 saturated carbocycles. The van der Waals surface area contributed by atoms with Gasteiger partial charge in [-0.2, -0.15) is 5.26 Å². The van der Waals surface area contributed by atoms with Crippen LogP contribution < -0.4 is 5.32 Å². The van der Waals surface area contributed by atoms with Crippen molar-refractivity contribution in [3.63, 3.8) is 0 Å². The fourth-order valence-corrected chi connectivity index (χ4v) is 2.35. The van der Waals surface area contributed by atoms with E-state index in [0.29, 0.717) is 12.1 Å². The highest BCUT2D eigenvalue weighted by atomic mass is 16.3. The lowest BCUT2D eigenvalue weighted by Crippen LogP contribution is -2.37. The van der Waals surface area contributed by atoms with E-state index in [0.717, 1.165) is 37.8 Å². The summed E-state index contributed by atoms with van der Waals surface area (Å²) < 4.78 is 0. The summed E-state index contributed by atoms with van der Waals surface area (Å²) in [4.78, 5) is 0. The molecule has 0 spiro atoms. The molecular formula is C14H18N2O. The van der Waals surface area contributed by atoms with Crippen LogP contribution in [0, 0.1) is 11.3 Å². The summed E-state index contributed by atoms with van der Waals surface area (Å²) in [6.45, 7) is 1.40. The first-order valence-electron chi connectivity index (χ1n) is 6.14. The van der Waals surface area contributed by atoms with Crippen molar-refractivity contribution in [3.05, 3.63) is 35.4 Å². The van der Waals surface area contributed by atoms with Gasteiger partial charge in [0.25, 0.3) is 0 Å². The van der Waals surface area contributed by atoms with Crippen molar-refractivity contribution in [2.45, 2.75) is 37.8 Å². The monoisotopic (exact) mass is 230 g/mol. The Hall–Kier alpha value is -1.37. The minimum atomic E-state index is -0.493. The van der Waals surface area contributed by atoms with Crippen molar-refractivity contribution in [2.24, 2.45) is 0 Å². The van der Waals surface area contributed by atoms with Gasteiger partial charge in [0, 0.05) is 13.1 Å². The minimum absolute atomic E-state index is 0.493. The lowest BCUT2D eigenvalue weighted by Gasteiger charge is -2.22. The van der Waals surface area contributed by atoms with Gasteiger partial charge in [0.05, 0.1) is 17.2 Å². The summed E-state index contributed by atoms with van der Waals surface area (Å²) in [5.41, 5.74) is 1.33. The maximum absolute atomic E-state index is 10.1. The summed E-state index contributed by atoms with van der Waals surface area (Å²) >= 11 is 0. The molecule has 17 heavy (non-hydrogen) atoms. The first kappa shape index (κ1) is 12.1. The lowest BCUT2D eigenvalue weighted by molar-refractivity contribution is 0.0475. The van der Waals surface area contributed by atoms with Gasteiger partial charge in [0.2, 0.25) is 0 Å². The Kier molecular flexibility index (Phi) is 3.78. The van der Waals surface area contributed by atoms with Crippen LogP contribution in [0.5, 0.6) is 0 Å². The number of hydrogen-bond donors (Lipinski definition) is 2. The molecule has 2 N–H and O–H groups in total. The Morgan fingerprint density at radius 1 is 1.24 bits per heavy atom. The number of nitrogens with one attached hydrogen (secondary N) is 1. The maximum atomic E-state index is 10.1. The predicted molar refractivity (Wildman–Crippen MR) is 66.3 cm³/mol. The van der Waals surface area contributed by atoms with Crippen molar-refractivity contribution >= 4 is 0 Å². The fraction of sp³-hybridized carbons (Fsp3) is 0.500. The summed E-state index contributed by atoms with van der Waals surface area (Å²) in [7, 11) is 0. The van der Waals surface area contributed by atoms with Gasteiger partial charge in [-0.15, -0.1) is 0 Å². The standard InChI is InChI=1S/C14H18N2O/c15-9-12-3-5-13(6-4-12)10-16-11-14(17)7-1-2-8-14/h3-6,16-17H,1-2,7-8,10-11H2. The molecule has 1 aromatic rings. The second-order valence-corrected chi connectivity index (χ2v) is 4.84. The van der Waals surface area contributed by atoms with Gasteiger partial charge in [-0.25, -0.2) is 0 Å². The van der Waals surface area contributed by atoms with E-state index in [4.69, 9.17) is 5.26 Å². The van der Waals surface area contributed by atoms with E-state index in [2.05, 4.69) is 11.4 Å². The molecule has 0 radical (unpaired) electrons. The maximum Gasteiger partial charge on any atom is 0.0991 e. The highest BCUT2D eigenvalue weighted by Gasteiger charge is 2.30. The largest absolute Gasteiger partial charge is 0.389 e. The van der Waals surface area contributed by atoms with Crippen molar-refractivity contribution in [3.8, 4) is 6.07 Å². The SMILES string of the molecule is N#Cc1ccc(CNCC2(O)CCCC2)cc1. The van der Waals surface area contributed by atoms with Crippen LogP contribution >= 0.6 is 0 Å². The average molecular weight is 230 g/mol. The number of hydrogen-bond acceptors (Lipinski definition) is 3. The van der Waals surface area contributed by atoms with Crippen molar-refractivity contribution < 1.29 is 5.11 Å². The van der Waals surface area contributed by atoms with E-state index in [9.17, 15) is 5.11 Å². The molecule has 3 nitrogen and oxygen atoms in total. The number of nitrogens with zero attached hydrogens (tertiary/aromatic N) is 1. The zero-order chi connectivity index (χ0) is 12.1. The van der Waals surface area contributed by atoms with Crippen LogP contribution in [0.1, 0.15) is 36.8 Å². The Labute approximate surface area is 102 Å². The molecule has 3 heteroatoms. The van der Waals surface area contributed by atoms with Gasteiger partial charge in [-0.1, -0.05) is 25.0 Å². The van der Waals surface area contributed by atoms with Gasteiger partial charge in [0.1, 0.15) is 0 Å². The lowest BCUT2D eigenvalue weighted by atomic mass is 10.0. The van der Waals surface area contributed by atoms with Crippen LogP contribution in [0.2, 0.25) is 0 Å². The van der Waals surface area contributed by atoms with Crippen LogP contribution in [0.3, 0.4) is 0 Å². The summed E-state index contributed by atoms with van der Waals surface area (Å²) in [6.07, 6.45) is 4.09. The molecule has 0 atom stereocenters. The number of rotatable bonds is 4. The Balaban J connectivity index is 1.80. The molecular weight excluding hydrogens is 212 g/mol. The molecule has 0 saturated heterocycles. The summed E-state index contributed by atoms with van der Waals surface area (Å²) in [6, 6.07) is 9.64. The molecule has 0 aliphatic heterocycles. The number of nitriles is 1. The zero-order valence-electron chi connectivity index (χ0n) is 9.95. The molecule has 0 unspecified atom stereocenters. The quantitative estimate of drug-likeness (QED) is 0.831. The first-order valence-corrected chi connectivity index (χ1v) is 6.14. The fourth-order valence-electron chi connectivity index (χ4n) is 2.35. The summed E-state index contributed by atoms with van der Waals surface area (Å²) in [5.74, 6) is 0. The first-order chi connectivity index (χ1) is 8.22. The van der Waals surface area contributed by atoms with Crippen molar-refractivity contribution in [2.75, 3.05) is 6.54 Å². The van der Waals surface area contributed by atoms with E-state index in [1.54, 1.807) is 0 Å². The molecule has 1 aliphatic carbocycles. The third-order valence-corrected chi connectivity index (χ3v) is 3.40. The molecule has 1 aliphatic rings. The molecule has 0 aromatic heterocycles. The van der Waals surface area contributed by atoms with Gasteiger partial charge >= 0.3 is 0 Å². The molecule has 2 rings (SSSR count). The Morgan fingerprint density at radius 2 is 1.88 bits per heavy atom. The molecule has 0 bridgehead atoms. The third-order valence-electron chi connectivity index (χ3n) is 3.40. The molecule has 1 aromatic carbocycles. The van der Waals surface area contributed by atoms with Gasteiger partial charge in [-0.05, 0) is 30.5 Å². The number of benzene rings is 1. The Bertz CT molecular complexity index is 399. The van der Waals surface area contributed by atoms with Crippen LogP contribution in [-0.2, 0) is 6.54 Å². The highest BCUT2D eigenvalue weighted by molar-refractivity contribution is 5.31. The van der Waals surface area contributed by atoms with E-state index < -0.39 is 5.60 Å². The molecule has 0 heterocycles. The predicted octanol–water partition coefficient (Wildman–Crippen LogP) is 1.95. The van der Waals surface area contributed by atoms with Crippen LogP contribution in [0.25, 0.3) is 0 Å². The normalized spacial score (nSPS) is 17.9. The van der Waals surface area contributed by atoms with Crippen molar-refractivity contribution in [1.82, 2.24) is 5.32 Å². The van der Waals surface area contributed by atoms with E-state index in [1.807, 2.05) is 24.3 Å². The Morgan fingerprint density at radius 3 is 2.47 bits per heavy atom. The van der Waals surface area contributed by atoms with E-state index in [1.165, 1.54) is 0 Å². The van der Waals surface area contributed by atoms with Crippen molar-refractivity contribution in [1.29, 1.82) is 5.26 Å². The zero-order valence-corrected chi connectivity index (χ0v) is 9.95. The second-order valence-electron chi connectivity index (χ2n) is 4.84. The molecule has 1 fully saturated rings. The van der Waals surface area contributed by atoms with E-state index in [-0.39, 0.29) is 0 Å². The van der Waals surface area contributed by atoms with Gasteiger partial charge in [-0.3, -0.25) is 0 Å². The van der Waals surface area contributed by atoms with Gasteiger partial charge in [0.15, 0.2) is 0 Å². The minimum Gasteiger partial charge on any atom is -0.389 e.